The Hall–Kier alpha value is -4.00. The Morgan fingerprint density at radius 3 is 1.53 bits per heavy atom. The molecule has 6 nitrogen and oxygen atoms in total. The highest BCUT2D eigenvalue weighted by atomic mass is 16.5. The van der Waals surface area contributed by atoms with Gasteiger partial charge in [-0.3, -0.25) is 9.59 Å². The number of rotatable bonds is 38. The minimum atomic E-state index is -0.827. The van der Waals surface area contributed by atoms with Crippen molar-refractivity contribution in [1.29, 1.82) is 0 Å². The lowest BCUT2D eigenvalue weighted by Gasteiger charge is -2.24. The number of ether oxygens (including phenoxy) is 1. The van der Waals surface area contributed by atoms with Gasteiger partial charge in [0, 0.05) is 6.42 Å². The molecule has 0 aromatic carbocycles. The fraction of sp³-hybridized carbons (Fsp3) is 0.547. The van der Waals surface area contributed by atoms with Crippen molar-refractivity contribution in [2.24, 2.45) is 0 Å². The minimum absolute atomic E-state index is 0.0132. The topological polar surface area (TPSA) is 95.9 Å². The summed E-state index contributed by atoms with van der Waals surface area (Å²) in [5.41, 5.74) is 0. The van der Waals surface area contributed by atoms with Crippen molar-refractivity contribution in [3.8, 4) is 0 Å². The molecule has 0 radical (unpaired) electrons. The number of carbonyl (C=O) groups is 2. The number of aliphatic hydroxyl groups excluding tert-OH is 2. The Morgan fingerprint density at radius 1 is 0.525 bits per heavy atom. The van der Waals surface area contributed by atoms with Crippen molar-refractivity contribution in [2.75, 3.05) is 6.61 Å². The molecule has 0 aromatic rings. The van der Waals surface area contributed by atoms with E-state index in [1.54, 1.807) is 0 Å². The quantitative estimate of drug-likeness (QED) is 0.0250. The van der Waals surface area contributed by atoms with Crippen molar-refractivity contribution in [1.82, 2.24) is 5.32 Å². The van der Waals surface area contributed by atoms with E-state index in [0.29, 0.717) is 19.3 Å². The van der Waals surface area contributed by atoms with Crippen LogP contribution in [0.15, 0.2) is 134 Å². The first-order chi connectivity index (χ1) is 29.0. The molecule has 3 atom stereocenters. The molecule has 0 saturated carbocycles. The molecule has 0 spiro atoms. The van der Waals surface area contributed by atoms with Crippen LogP contribution in [0.3, 0.4) is 0 Å². The lowest BCUT2D eigenvalue weighted by atomic mass is 10.0. The average Bonchev–Trinajstić information content (AvgIpc) is 3.23. The summed E-state index contributed by atoms with van der Waals surface area (Å²) < 4.78 is 5.82. The number of aliphatic hydroxyl groups is 2. The largest absolute Gasteiger partial charge is 0.462 e. The lowest BCUT2D eigenvalue weighted by molar-refractivity contribution is -0.150. The molecule has 59 heavy (non-hydrogen) atoms. The van der Waals surface area contributed by atoms with Crippen molar-refractivity contribution in [2.45, 2.75) is 180 Å². The molecular weight excluding hydrogens is 731 g/mol. The third kappa shape index (κ3) is 40.6. The molecule has 0 aliphatic rings. The van der Waals surface area contributed by atoms with Crippen LogP contribution < -0.4 is 5.32 Å². The lowest BCUT2D eigenvalue weighted by Crippen LogP contribution is -2.46. The molecule has 3 unspecified atom stereocenters. The van der Waals surface area contributed by atoms with E-state index in [-0.39, 0.29) is 31.3 Å². The predicted octanol–water partition coefficient (Wildman–Crippen LogP) is 13.5. The maximum atomic E-state index is 13.1. The zero-order valence-electron chi connectivity index (χ0n) is 37.3. The van der Waals surface area contributed by atoms with Gasteiger partial charge in [-0.25, -0.2) is 0 Å². The third-order valence-corrected chi connectivity index (χ3v) is 9.40. The van der Waals surface area contributed by atoms with Crippen LogP contribution in [0.4, 0.5) is 0 Å². The van der Waals surface area contributed by atoms with Crippen LogP contribution in [0.1, 0.15) is 162 Å². The van der Waals surface area contributed by atoms with Gasteiger partial charge >= 0.3 is 5.97 Å². The summed E-state index contributed by atoms with van der Waals surface area (Å²) in [5.74, 6) is -0.669. The Morgan fingerprint density at radius 2 is 1.00 bits per heavy atom. The number of unbranched alkanes of at least 4 members (excludes halogenated alkanes) is 9. The summed E-state index contributed by atoms with van der Waals surface area (Å²) in [6, 6.07) is -0.748. The smallest absolute Gasteiger partial charge is 0.306 e. The molecule has 6 heteroatoms. The van der Waals surface area contributed by atoms with Crippen molar-refractivity contribution < 1.29 is 24.5 Å². The van der Waals surface area contributed by atoms with E-state index in [1.165, 1.54) is 38.5 Å². The third-order valence-electron chi connectivity index (χ3n) is 9.40. The molecule has 3 N–H and O–H groups in total. The standard InChI is InChI=1S/C53H83NO5/c1-4-7-10-13-16-19-21-23-25-27-29-31-34-37-40-43-46-53(58)59-49(44-41-38-35-33-30-28-26-24-22-20-17-14-11-8-5-2)47-52(57)54-50(48-55)51(56)45-42-39-36-32-18-15-12-9-6-3/h7-8,10-11,14,16-17,19-20,22-26,28-31,33,35,37,40,49-51,55-56H,4-6,9,12-13,15,18,21,27,32,34,36,38-39,41-48H2,1-3H3,(H,54,57)/b10-7+,11-8-,17-14+,19-16+,22-20+,25-23+,26-24-,30-28+,31-29+,35-33+,40-37+. The Labute approximate surface area is 361 Å². The molecule has 330 valence electrons. The number of carbonyl (C=O) groups excluding carboxylic acids is 2. The van der Waals surface area contributed by atoms with Crippen molar-refractivity contribution in [3.05, 3.63) is 134 Å². The van der Waals surface area contributed by atoms with Gasteiger partial charge in [-0.2, -0.15) is 0 Å². The molecule has 0 heterocycles. The molecule has 0 saturated heterocycles. The first-order valence-electron chi connectivity index (χ1n) is 23.0. The van der Waals surface area contributed by atoms with Gasteiger partial charge in [0.05, 0.1) is 25.2 Å². The van der Waals surface area contributed by atoms with E-state index < -0.39 is 18.2 Å². The van der Waals surface area contributed by atoms with Crippen LogP contribution in [0.25, 0.3) is 0 Å². The second-order valence-corrected chi connectivity index (χ2v) is 14.8. The predicted molar refractivity (Wildman–Crippen MR) is 254 cm³/mol. The van der Waals surface area contributed by atoms with Gasteiger partial charge in [0.15, 0.2) is 0 Å². The highest BCUT2D eigenvalue weighted by Crippen LogP contribution is 2.15. The first kappa shape index (κ1) is 55.0. The minimum Gasteiger partial charge on any atom is -0.462 e. The Kier molecular flexibility index (Phi) is 42.0. The summed E-state index contributed by atoms with van der Waals surface area (Å²) in [6.07, 6.45) is 63.8. The number of amides is 1. The van der Waals surface area contributed by atoms with E-state index in [4.69, 9.17) is 4.74 Å². The zero-order valence-corrected chi connectivity index (χ0v) is 37.3. The number of nitrogens with one attached hydrogen (secondary N) is 1. The maximum absolute atomic E-state index is 13.1. The molecule has 0 rings (SSSR count). The molecular formula is C53H83NO5. The van der Waals surface area contributed by atoms with Crippen LogP contribution in [0.2, 0.25) is 0 Å². The van der Waals surface area contributed by atoms with Gasteiger partial charge in [-0.15, -0.1) is 0 Å². The van der Waals surface area contributed by atoms with Gasteiger partial charge in [0.2, 0.25) is 5.91 Å². The summed E-state index contributed by atoms with van der Waals surface area (Å²) in [5, 5.41) is 23.6. The number of allylic oxidation sites excluding steroid dienone is 22. The first-order valence-corrected chi connectivity index (χ1v) is 23.0. The summed E-state index contributed by atoms with van der Waals surface area (Å²) in [6.45, 7) is 6.13. The summed E-state index contributed by atoms with van der Waals surface area (Å²) >= 11 is 0. The fourth-order valence-corrected chi connectivity index (χ4v) is 5.98. The highest BCUT2D eigenvalue weighted by Gasteiger charge is 2.23. The molecule has 0 aliphatic heterocycles. The van der Waals surface area contributed by atoms with Crippen LogP contribution in [0.5, 0.6) is 0 Å². The second-order valence-electron chi connectivity index (χ2n) is 14.8. The monoisotopic (exact) mass is 814 g/mol. The SMILES string of the molecule is CC\C=C/C=C/C=C/C=C\C=C\C=C\CCCC(CC(=O)NC(CO)C(O)CCCCCCCCCCC)OC(=O)CC/C=C/C/C=C/C/C=C/C/C=C/C/C=C/CC. The number of hydrogen-bond donors (Lipinski definition) is 3. The summed E-state index contributed by atoms with van der Waals surface area (Å²) in [7, 11) is 0. The van der Waals surface area contributed by atoms with Gasteiger partial charge in [-0.05, 0) is 70.6 Å². The fourth-order valence-electron chi connectivity index (χ4n) is 5.98. The van der Waals surface area contributed by atoms with Crippen LogP contribution in [-0.2, 0) is 14.3 Å². The van der Waals surface area contributed by atoms with E-state index in [0.717, 1.165) is 70.6 Å². The van der Waals surface area contributed by atoms with Crippen LogP contribution >= 0.6 is 0 Å². The van der Waals surface area contributed by atoms with Gasteiger partial charge in [0.1, 0.15) is 6.10 Å². The van der Waals surface area contributed by atoms with E-state index in [1.807, 2.05) is 66.8 Å². The molecule has 0 aliphatic carbocycles. The molecule has 0 bridgehead atoms. The van der Waals surface area contributed by atoms with E-state index in [9.17, 15) is 19.8 Å². The molecule has 0 fully saturated rings. The maximum Gasteiger partial charge on any atom is 0.306 e. The van der Waals surface area contributed by atoms with Gasteiger partial charge in [-0.1, -0.05) is 212 Å². The van der Waals surface area contributed by atoms with Crippen molar-refractivity contribution >= 4 is 11.9 Å². The normalized spacial score (nSPS) is 14.6. The zero-order chi connectivity index (χ0) is 43.1. The number of hydrogen-bond acceptors (Lipinski definition) is 5. The average molecular weight is 814 g/mol. The van der Waals surface area contributed by atoms with E-state index in [2.05, 4.69) is 92.9 Å². The molecule has 0 aromatic heterocycles. The van der Waals surface area contributed by atoms with Gasteiger partial charge in [0.25, 0.3) is 0 Å². The van der Waals surface area contributed by atoms with E-state index >= 15 is 0 Å². The highest BCUT2D eigenvalue weighted by molar-refractivity contribution is 5.77. The van der Waals surface area contributed by atoms with Crippen molar-refractivity contribution in [3.63, 3.8) is 0 Å². The second kappa shape index (κ2) is 45.1. The van der Waals surface area contributed by atoms with Crippen LogP contribution in [-0.4, -0.2) is 46.9 Å². The summed E-state index contributed by atoms with van der Waals surface area (Å²) in [4.78, 5) is 26.0. The number of esters is 1. The van der Waals surface area contributed by atoms with Gasteiger partial charge < -0.3 is 20.3 Å². The Bertz CT molecular complexity index is 1320. The Balaban J connectivity index is 4.92. The molecule has 1 amide bonds. The van der Waals surface area contributed by atoms with Crippen LogP contribution in [0, 0.1) is 0 Å².